The smallest absolute Gasteiger partial charge is 0.243 e. The molecule has 0 aromatic heterocycles. The summed E-state index contributed by atoms with van der Waals surface area (Å²) in [6.07, 6.45) is 0. The monoisotopic (exact) mass is 354 g/mol. The van der Waals surface area contributed by atoms with Gasteiger partial charge in [0.2, 0.25) is 15.9 Å². The molecule has 1 N–H and O–H groups in total. The number of piperazine rings is 1. The number of hydrogen-bond acceptors (Lipinski definition) is 5. The van der Waals surface area contributed by atoms with Crippen LogP contribution in [0.15, 0.2) is 29.2 Å². The third-order valence-electron chi connectivity index (χ3n) is 3.96. The largest absolute Gasteiger partial charge is 0.339 e. The predicted octanol–water partition coefficient (Wildman–Crippen LogP) is -0.199. The number of likely N-dealkylation sites (N-methyl/N-ethyl adjacent to an activating group) is 1. The molecule has 7 nitrogen and oxygen atoms in total. The summed E-state index contributed by atoms with van der Waals surface area (Å²) in [5.41, 5.74) is 1.04. The van der Waals surface area contributed by atoms with Gasteiger partial charge in [-0.25, -0.2) is 8.42 Å². The Morgan fingerprint density at radius 2 is 1.71 bits per heavy atom. The first-order chi connectivity index (χ1) is 11.3. The highest BCUT2D eigenvalue weighted by molar-refractivity contribution is 7.89. The molecule has 134 valence electrons. The maximum Gasteiger partial charge on any atom is 0.243 e. The van der Waals surface area contributed by atoms with E-state index < -0.39 is 10.0 Å². The van der Waals surface area contributed by atoms with Crippen LogP contribution in [0.3, 0.4) is 0 Å². The first-order valence-electron chi connectivity index (χ1n) is 7.99. The highest BCUT2D eigenvalue weighted by Gasteiger charge is 2.25. The van der Waals surface area contributed by atoms with E-state index in [0.717, 1.165) is 29.5 Å². The van der Waals surface area contributed by atoms with Crippen molar-refractivity contribution in [2.75, 3.05) is 53.9 Å². The van der Waals surface area contributed by atoms with Gasteiger partial charge in [0.25, 0.3) is 0 Å². The number of nitrogens with one attached hydrogen (secondary N) is 1. The van der Waals surface area contributed by atoms with Gasteiger partial charge >= 0.3 is 0 Å². The molecular weight excluding hydrogens is 328 g/mol. The maximum atomic E-state index is 12.6. The van der Waals surface area contributed by atoms with E-state index in [1.54, 1.807) is 29.2 Å². The molecule has 1 aromatic carbocycles. The number of benzene rings is 1. The van der Waals surface area contributed by atoms with E-state index in [-0.39, 0.29) is 17.3 Å². The van der Waals surface area contributed by atoms with Crippen LogP contribution in [0, 0.1) is 0 Å². The molecule has 0 atom stereocenters. The minimum absolute atomic E-state index is 0.137. The Hall–Kier alpha value is -1.48. The van der Waals surface area contributed by atoms with E-state index in [2.05, 4.69) is 5.32 Å². The molecule has 1 aliphatic rings. The maximum absolute atomic E-state index is 12.6. The van der Waals surface area contributed by atoms with Crippen LogP contribution < -0.4 is 5.32 Å². The second-order valence-electron chi connectivity index (χ2n) is 6.27. The lowest BCUT2D eigenvalue weighted by Gasteiger charge is -2.29. The summed E-state index contributed by atoms with van der Waals surface area (Å²) < 4.78 is 26.4. The lowest BCUT2D eigenvalue weighted by molar-refractivity contribution is -0.131. The zero-order valence-electron chi connectivity index (χ0n) is 14.5. The SMILES string of the molecule is CN(C)Cc1ccc(S(=O)(=O)N(C)CC(=O)N2CCNCC2)cc1. The van der Waals surface area contributed by atoms with E-state index in [4.69, 9.17) is 0 Å². The lowest BCUT2D eigenvalue weighted by atomic mass is 10.2. The molecular formula is C16H26N4O3S. The van der Waals surface area contributed by atoms with E-state index in [9.17, 15) is 13.2 Å². The van der Waals surface area contributed by atoms with Crippen LogP contribution in [0.1, 0.15) is 5.56 Å². The minimum Gasteiger partial charge on any atom is -0.339 e. The standard InChI is InChI=1S/C16H26N4O3S/c1-18(2)12-14-4-6-15(7-5-14)24(22,23)19(3)13-16(21)20-10-8-17-9-11-20/h4-7,17H,8-13H2,1-3H3. The second-order valence-corrected chi connectivity index (χ2v) is 8.32. The summed E-state index contributed by atoms with van der Waals surface area (Å²) in [7, 11) is 1.70. The molecule has 1 amide bonds. The normalized spacial score (nSPS) is 16.0. The summed E-state index contributed by atoms with van der Waals surface area (Å²) >= 11 is 0. The molecule has 1 aliphatic heterocycles. The van der Waals surface area contributed by atoms with Crippen LogP contribution in [-0.4, -0.2) is 82.3 Å². The van der Waals surface area contributed by atoms with Crippen molar-refractivity contribution in [3.8, 4) is 0 Å². The van der Waals surface area contributed by atoms with E-state index in [1.165, 1.54) is 7.05 Å². The zero-order chi connectivity index (χ0) is 17.7. The Bertz CT molecular complexity index is 652. The second kappa shape index (κ2) is 8.06. The Morgan fingerprint density at radius 3 is 2.25 bits per heavy atom. The van der Waals surface area contributed by atoms with Gasteiger partial charge in [-0.15, -0.1) is 0 Å². The summed E-state index contributed by atoms with van der Waals surface area (Å²) in [6, 6.07) is 6.80. The molecule has 24 heavy (non-hydrogen) atoms. The number of amides is 1. The quantitative estimate of drug-likeness (QED) is 0.766. The van der Waals surface area contributed by atoms with Gasteiger partial charge in [0, 0.05) is 39.8 Å². The summed E-state index contributed by atoms with van der Waals surface area (Å²) in [6.45, 7) is 3.34. The van der Waals surface area contributed by atoms with Crippen LogP contribution in [0.25, 0.3) is 0 Å². The highest BCUT2D eigenvalue weighted by Crippen LogP contribution is 2.16. The van der Waals surface area contributed by atoms with Crippen molar-refractivity contribution < 1.29 is 13.2 Å². The summed E-state index contributed by atoms with van der Waals surface area (Å²) in [5.74, 6) is -0.160. The fraction of sp³-hybridized carbons (Fsp3) is 0.562. The average molecular weight is 354 g/mol. The van der Waals surface area contributed by atoms with Crippen molar-refractivity contribution >= 4 is 15.9 Å². The molecule has 0 spiro atoms. The molecule has 1 heterocycles. The van der Waals surface area contributed by atoms with Gasteiger partial charge in [0.15, 0.2) is 0 Å². The molecule has 2 rings (SSSR count). The summed E-state index contributed by atoms with van der Waals surface area (Å²) in [5, 5.41) is 3.17. The number of rotatable bonds is 6. The van der Waals surface area contributed by atoms with Crippen molar-refractivity contribution in [3.63, 3.8) is 0 Å². The Kier molecular flexibility index (Phi) is 6.34. The number of carbonyl (C=O) groups is 1. The van der Waals surface area contributed by atoms with Gasteiger partial charge in [-0.1, -0.05) is 12.1 Å². The molecule has 1 saturated heterocycles. The van der Waals surface area contributed by atoms with Crippen molar-refractivity contribution in [3.05, 3.63) is 29.8 Å². The highest BCUT2D eigenvalue weighted by atomic mass is 32.2. The Morgan fingerprint density at radius 1 is 1.12 bits per heavy atom. The van der Waals surface area contributed by atoms with Crippen LogP contribution in [0.2, 0.25) is 0 Å². The van der Waals surface area contributed by atoms with Gasteiger partial charge < -0.3 is 15.1 Å². The Balaban J connectivity index is 2.03. The van der Waals surface area contributed by atoms with Crippen LogP contribution in [0.4, 0.5) is 0 Å². The number of sulfonamides is 1. The van der Waals surface area contributed by atoms with Gasteiger partial charge in [-0.3, -0.25) is 4.79 Å². The van der Waals surface area contributed by atoms with E-state index in [1.807, 2.05) is 19.0 Å². The molecule has 0 radical (unpaired) electrons. The van der Waals surface area contributed by atoms with Gasteiger partial charge in [0.1, 0.15) is 0 Å². The van der Waals surface area contributed by atoms with Crippen LogP contribution in [-0.2, 0) is 21.4 Å². The van der Waals surface area contributed by atoms with E-state index >= 15 is 0 Å². The van der Waals surface area contributed by atoms with Gasteiger partial charge in [-0.2, -0.15) is 4.31 Å². The number of nitrogens with zero attached hydrogens (tertiary/aromatic N) is 3. The average Bonchev–Trinajstić information content (AvgIpc) is 2.55. The predicted molar refractivity (Wildman–Crippen MR) is 93.1 cm³/mol. The fourth-order valence-electron chi connectivity index (χ4n) is 2.60. The first-order valence-corrected chi connectivity index (χ1v) is 9.43. The molecule has 0 aliphatic carbocycles. The molecule has 0 saturated carbocycles. The number of carbonyl (C=O) groups excluding carboxylic acids is 1. The molecule has 0 bridgehead atoms. The van der Waals surface area contributed by atoms with Crippen molar-refractivity contribution in [1.82, 2.24) is 19.4 Å². The minimum atomic E-state index is -3.66. The van der Waals surface area contributed by atoms with Crippen LogP contribution >= 0.6 is 0 Å². The summed E-state index contributed by atoms with van der Waals surface area (Å²) in [4.78, 5) is 16.2. The fourth-order valence-corrected chi connectivity index (χ4v) is 3.72. The van der Waals surface area contributed by atoms with E-state index in [0.29, 0.717) is 13.1 Å². The van der Waals surface area contributed by atoms with Crippen LogP contribution in [0.5, 0.6) is 0 Å². The third-order valence-corrected chi connectivity index (χ3v) is 5.78. The lowest BCUT2D eigenvalue weighted by Crippen LogP contribution is -2.49. The number of hydrogen-bond donors (Lipinski definition) is 1. The van der Waals surface area contributed by atoms with Crippen molar-refractivity contribution in [2.45, 2.75) is 11.4 Å². The first kappa shape index (κ1) is 18.9. The third kappa shape index (κ3) is 4.76. The molecule has 1 aromatic rings. The van der Waals surface area contributed by atoms with Gasteiger partial charge in [0.05, 0.1) is 11.4 Å². The molecule has 1 fully saturated rings. The zero-order valence-corrected chi connectivity index (χ0v) is 15.3. The van der Waals surface area contributed by atoms with Crippen molar-refractivity contribution in [1.29, 1.82) is 0 Å². The van der Waals surface area contributed by atoms with Crippen molar-refractivity contribution in [2.24, 2.45) is 0 Å². The molecule has 0 unspecified atom stereocenters. The Labute approximate surface area is 144 Å². The van der Waals surface area contributed by atoms with Gasteiger partial charge in [-0.05, 0) is 31.8 Å². The topological polar surface area (TPSA) is 73.0 Å². The molecule has 8 heteroatoms.